The van der Waals surface area contributed by atoms with E-state index in [2.05, 4.69) is 28.1 Å². The highest BCUT2D eigenvalue weighted by Gasteiger charge is 2.08. The van der Waals surface area contributed by atoms with Crippen LogP contribution in [0.4, 0.5) is 0 Å². The monoisotopic (exact) mass is 272 g/mol. The summed E-state index contributed by atoms with van der Waals surface area (Å²) in [6.07, 6.45) is 0.248. The second kappa shape index (κ2) is 4.66. The Kier molecular flexibility index (Phi) is 3.77. The molecule has 0 aliphatic rings. The van der Waals surface area contributed by atoms with Gasteiger partial charge in [0.15, 0.2) is 10.8 Å². The lowest BCUT2D eigenvalue weighted by Gasteiger charge is -2.05. The van der Waals surface area contributed by atoms with Crippen molar-refractivity contribution in [3.05, 3.63) is 33.8 Å². The number of rotatable bonds is 3. The van der Waals surface area contributed by atoms with Crippen LogP contribution < -0.4 is 0 Å². The van der Waals surface area contributed by atoms with Crippen molar-refractivity contribution in [3.63, 3.8) is 0 Å². The van der Waals surface area contributed by atoms with E-state index in [1.807, 2.05) is 6.07 Å². The minimum Gasteiger partial charge on any atom is -0.502 e. The van der Waals surface area contributed by atoms with Crippen LogP contribution in [0.2, 0.25) is 0 Å². The number of Topliss-reactive ketones (excluding diaryl/α,β-unsaturated/α-hetero) is 1. The molecular formula is C10H9BrO2S. The Hall–Kier alpha value is -0.740. The van der Waals surface area contributed by atoms with Crippen molar-refractivity contribution in [2.75, 3.05) is 0 Å². The van der Waals surface area contributed by atoms with Gasteiger partial charge in [-0.2, -0.15) is 0 Å². The number of thiocarbonyl (C=S) groups is 1. The van der Waals surface area contributed by atoms with E-state index < -0.39 is 0 Å². The molecule has 0 heterocycles. The fourth-order valence-corrected chi connectivity index (χ4v) is 1.71. The van der Waals surface area contributed by atoms with Crippen LogP contribution in [0.1, 0.15) is 22.8 Å². The van der Waals surface area contributed by atoms with Crippen LogP contribution in [0.15, 0.2) is 22.7 Å². The van der Waals surface area contributed by atoms with Crippen LogP contribution in [0, 0.1) is 0 Å². The highest BCUT2D eigenvalue weighted by molar-refractivity contribution is 9.10. The van der Waals surface area contributed by atoms with Crippen molar-refractivity contribution in [1.82, 2.24) is 0 Å². The molecule has 14 heavy (non-hydrogen) atoms. The van der Waals surface area contributed by atoms with Gasteiger partial charge in [-0.15, -0.1) is 0 Å². The van der Waals surface area contributed by atoms with E-state index in [4.69, 9.17) is 5.11 Å². The molecule has 0 aliphatic carbocycles. The maximum Gasteiger partial charge on any atom is 0.160 e. The van der Waals surface area contributed by atoms with Gasteiger partial charge >= 0.3 is 0 Å². The second-order valence-corrected chi connectivity index (χ2v) is 4.32. The molecule has 2 nitrogen and oxygen atoms in total. The fraction of sp³-hybridized carbons (Fsp3) is 0.200. The van der Waals surface area contributed by atoms with Crippen molar-refractivity contribution >= 4 is 39.0 Å². The number of carbonyl (C=O) groups excluding carboxylic acids is 1. The molecule has 0 aliphatic heterocycles. The fourth-order valence-electron chi connectivity index (χ4n) is 1.19. The molecule has 0 aromatic heterocycles. The average molecular weight is 273 g/mol. The summed E-state index contributed by atoms with van der Waals surface area (Å²) in [6.45, 7) is 1.49. The number of carbonyl (C=O) groups is 1. The number of aliphatic hydroxyl groups is 1. The molecule has 0 atom stereocenters. The second-order valence-electron chi connectivity index (χ2n) is 2.93. The Bertz CT molecular complexity index is 388. The van der Waals surface area contributed by atoms with Crippen LogP contribution >= 0.6 is 28.1 Å². The zero-order chi connectivity index (χ0) is 10.7. The predicted octanol–water partition coefficient (Wildman–Crippen LogP) is 3.08. The van der Waals surface area contributed by atoms with Gasteiger partial charge in [0.25, 0.3) is 0 Å². The summed E-state index contributed by atoms with van der Waals surface area (Å²) in [7, 11) is 0. The maximum atomic E-state index is 11.3. The molecular weight excluding hydrogens is 264 g/mol. The number of hydrogen-bond acceptors (Lipinski definition) is 2. The smallest absolute Gasteiger partial charge is 0.160 e. The average Bonchev–Trinajstić information content (AvgIpc) is 2.07. The lowest BCUT2D eigenvalue weighted by Crippen LogP contribution is -2.04. The van der Waals surface area contributed by atoms with Gasteiger partial charge in [-0.3, -0.25) is 4.79 Å². The summed E-state index contributed by atoms with van der Waals surface area (Å²) in [5, 5.41) is 8.89. The first-order valence-corrected chi connectivity index (χ1v) is 5.22. The van der Waals surface area contributed by atoms with E-state index in [0.717, 1.165) is 10.0 Å². The van der Waals surface area contributed by atoms with Gasteiger partial charge in [-0.25, -0.2) is 0 Å². The topological polar surface area (TPSA) is 37.3 Å². The molecule has 1 rings (SSSR count). The van der Waals surface area contributed by atoms with E-state index in [1.165, 1.54) is 6.92 Å². The lowest BCUT2D eigenvalue weighted by molar-refractivity contribution is 0.101. The first-order valence-electron chi connectivity index (χ1n) is 4.02. The summed E-state index contributed by atoms with van der Waals surface area (Å²) in [5.41, 5.74) is 1.35. The van der Waals surface area contributed by atoms with E-state index in [1.54, 1.807) is 12.1 Å². The zero-order valence-electron chi connectivity index (χ0n) is 7.58. The van der Waals surface area contributed by atoms with E-state index in [-0.39, 0.29) is 17.3 Å². The van der Waals surface area contributed by atoms with Crippen molar-refractivity contribution < 1.29 is 9.90 Å². The van der Waals surface area contributed by atoms with Crippen molar-refractivity contribution in [1.29, 1.82) is 0 Å². The molecule has 0 saturated carbocycles. The molecule has 0 saturated heterocycles. The predicted molar refractivity (Wildman–Crippen MR) is 63.1 cm³/mol. The van der Waals surface area contributed by atoms with Crippen LogP contribution in [-0.2, 0) is 6.42 Å². The Morgan fingerprint density at radius 2 is 2.21 bits per heavy atom. The third-order valence-electron chi connectivity index (χ3n) is 1.79. The Balaban J connectivity index is 3.14. The van der Waals surface area contributed by atoms with Gasteiger partial charge in [0.1, 0.15) is 0 Å². The third-order valence-corrected chi connectivity index (χ3v) is 2.43. The molecule has 1 aromatic rings. The molecule has 0 fully saturated rings. The van der Waals surface area contributed by atoms with Crippen molar-refractivity contribution in [3.8, 4) is 0 Å². The Labute approximate surface area is 96.1 Å². The molecule has 0 radical (unpaired) electrons. The maximum absolute atomic E-state index is 11.3. The van der Waals surface area contributed by atoms with Crippen LogP contribution in [0.25, 0.3) is 0 Å². The molecule has 0 amide bonds. The number of ketones is 1. The van der Waals surface area contributed by atoms with Gasteiger partial charge in [0.05, 0.1) is 0 Å². The van der Waals surface area contributed by atoms with Gasteiger partial charge in [-0.05, 0) is 36.8 Å². The van der Waals surface area contributed by atoms with Crippen molar-refractivity contribution in [2.24, 2.45) is 0 Å². The number of halogens is 1. The van der Waals surface area contributed by atoms with Gasteiger partial charge in [0, 0.05) is 16.5 Å². The van der Waals surface area contributed by atoms with E-state index >= 15 is 0 Å². The van der Waals surface area contributed by atoms with Crippen molar-refractivity contribution in [2.45, 2.75) is 13.3 Å². The number of aliphatic hydroxyl groups excluding tert-OH is 1. The Morgan fingerprint density at radius 3 is 2.71 bits per heavy atom. The third kappa shape index (κ3) is 2.89. The van der Waals surface area contributed by atoms with Gasteiger partial charge in [-0.1, -0.05) is 22.0 Å². The molecule has 1 aromatic carbocycles. The lowest BCUT2D eigenvalue weighted by atomic mass is 10.0. The molecule has 0 spiro atoms. The quantitative estimate of drug-likeness (QED) is 0.679. The summed E-state index contributed by atoms with van der Waals surface area (Å²) in [5.74, 6) is -0.0300. The summed E-state index contributed by atoms with van der Waals surface area (Å²) < 4.78 is 0.843. The highest BCUT2D eigenvalue weighted by Crippen LogP contribution is 2.18. The first-order chi connectivity index (χ1) is 6.50. The normalized spacial score (nSPS) is 9.86. The van der Waals surface area contributed by atoms with Crippen LogP contribution in [-0.4, -0.2) is 15.9 Å². The van der Waals surface area contributed by atoms with E-state index in [0.29, 0.717) is 5.56 Å². The highest BCUT2D eigenvalue weighted by atomic mass is 79.9. The van der Waals surface area contributed by atoms with Gasteiger partial charge in [0.2, 0.25) is 0 Å². The van der Waals surface area contributed by atoms with E-state index in [9.17, 15) is 4.79 Å². The van der Waals surface area contributed by atoms with Crippen LogP contribution in [0.5, 0.6) is 0 Å². The summed E-state index contributed by atoms with van der Waals surface area (Å²) in [4.78, 5) is 11.3. The molecule has 0 unspecified atom stereocenters. The summed E-state index contributed by atoms with van der Waals surface area (Å²) >= 11 is 7.87. The first kappa shape index (κ1) is 11.3. The minimum atomic E-state index is -0.102. The molecule has 1 N–H and O–H groups in total. The SMILES string of the molecule is CC(=O)c1cc(Br)ccc1CC(O)=S. The van der Waals surface area contributed by atoms with Gasteiger partial charge < -0.3 is 5.11 Å². The molecule has 74 valence electrons. The zero-order valence-corrected chi connectivity index (χ0v) is 9.98. The number of benzene rings is 1. The largest absolute Gasteiger partial charge is 0.502 e. The molecule has 0 bridgehead atoms. The minimum absolute atomic E-state index is 0.0300. The molecule has 4 heteroatoms. The summed E-state index contributed by atoms with van der Waals surface area (Å²) in [6, 6.07) is 5.33. The van der Waals surface area contributed by atoms with Crippen LogP contribution in [0.3, 0.4) is 0 Å². The Morgan fingerprint density at radius 1 is 1.57 bits per heavy atom. The number of hydrogen-bond donors (Lipinski definition) is 1. The standard InChI is InChI=1S/C10H9BrO2S/c1-6(12)9-5-8(11)3-2-7(9)4-10(13)14/h2-3,5H,4H2,1H3,(H,13,14).